The highest BCUT2D eigenvalue weighted by molar-refractivity contribution is 6.43. The molecule has 0 aliphatic rings. The Morgan fingerprint density at radius 3 is 2.47 bits per heavy atom. The van der Waals surface area contributed by atoms with Gasteiger partial charge in [0.15, 0.2) is 5.82 Å². The predicted molar refractivity (Wildman–Crippen MR) is 64.8 cm³/mol. The number of carbonyl (C=O) groups excluding carboxylic acids is 1. The van der Waals surface area contributed by atoms with Crippen molar-refractivity contribution in [2.75, 3.05) is 5.32 Å². The number of anilines is 1. The normalized spacial score (nSPS) is 10.1. The van der Waals surface area contributed by atoms with E-state index in [-0.39, 0.29) is 33.9 Å². The number of carboxylic acids is 1. The Bertz CT molecular complexity index is 465. The molecule has 0 fully saturated rings. The van der Waals surface area contributed by atoms with Crippen LogP contribution in [0.15, 0.2) is 6.07 Å². The molecule has 1 amide bonds. The number of hydrogen-bond acceptors (Lipinski definition) is 3. The van der Waals surface area contributed by atoms with Crippen molar-refractivity contribution in [1.29, 1.82) is 0 Å². The molecule has 0 radical (unpaired) electrons. The van der Waals surface area contributed by atoms with E-state index >= 15 is 0 Å². The molecule has 1 aromatic rings. The van der Waals surface area contributed by atoms with Gasteiger partial charge in [0.1, 0.15) is 5.15 Å². The van der Waals surface area contributed by atoms with Gasteiger partial charge in [-0.05, 0) is 6.07 Å². The molecule has 1 aromatic heterocycles. The van der Waals surface area contributed by atoms with Crippen molar-refractivity contribution in [3.8, 4) is 0 Å². The van der Waals surface area contributed by atoms with Crippen molar-refractivity contribution < 1.29 is 14.7 Å². The van der Waals surface area contributed by atoms with E-state index in [2.05, 4.69) is 10.3 Å². The molecule has 1 heterocycles. The van der Waals surface area contributed by atoms with E-state index in [1.54, 1.807) is 0 Å². The van der Waals surface area contributed by atoms with Gasteiger partial charge in [-0.3, -0.25) is 9.59 Å². The summed E-state index contributed by atoms with van der Waals surface area (Å²) in [6.07, 6.45) is -0.446. The summed E-state index contributed by atoms with van der Waals surface area (Å²) >= 11 is 17.1. The van der Waals surface area contributed by atoms with E-state index in [4.69, 9.17) is 39.9 Å². The Kier molecular flexibility index (Phi) is 4.99. The second-order valence-electron chi connectivity index (χ2n) is 3.03. The predicted octanol–water partition coefficient (Wildman–Crippen LogP) is 2.85. The lowest BCUT2D eigenvalue weighted by Crippen LogP contribution is -2.14. The molecule has 0 spiro atoms. The summed E-state index contributed by atoms with van der Waals surface area (Å²) < 4.78 is 0. The number of pyridine rings is 1. The second kappa shape index (κ2) is 6.05. The molecule has 0 aliphatic heterocycles. The zero-order chi connectivity index (χ0) is 13.0. The van der Waals surface area contributed by atoms with Crippen LogP contribution in [0.3, 0.4) is 0 Å². The number of nitrogens with one attached hydrogen (secondary N) is 1. The molecule has 0 atom stereocenters. The highest BCUT2D eigenvalue weighted by Gasteiger charge is 2.11. The molecular weight excluding hydrogens is 290 g/mol. The van der Waals surface area contributed by atoms with E-state index in [9.17, 15) is 9.59 Å². The third kappa shape index (κ3) is 4.38. The molecule has 0 unspecified atom stereocenters. The van der Waals surface area contributed by atoms with Crippen molar-refractivity contribution in [1.82, 2.24) is 4.98 Å². The Balaban J connectivity index is 2.71. The quantitative estimate of drug-likeness (QED) is 0.838. The lowest BCUT2D eigenvalue weighted by Gasteiger charge is -2.06. The summed E-state index contributed by atoms with van der Waals surface area (Å²) in [5.41, 5.74) is 0. The number of rotatable bonds is 4. The molecule has 92 valence electrons. The number of aliphatic carboxylic acids is 1. The number of nitrogens with zero attached hydrogens (tertiary/aromatic N) is 1. The standard InChI is InChI=1S/C9H7Cl3N2O3/c10-4-3-5(11)9(14-8(4)12)13-6(15)1-2-7(16)17/h3H,1-2H2,(H,16,17)(H,13,14,15). The summed E-state index contributed by atoms with van der Waals surface area (Å²) in [7, 11) is 0. The Labute approximate surface area is 112 Å². The van der Waals surface area contributed by atoms with Crippen LogP contribution in [0.2, 0.25) is 15.2 Å². The van der Waals surface area contributed by atoms with E-state index in [0.29, 0.717) is 0 Å². The number of amides is 1. The molecule has 0 bridgehead atoms. The minimum absolute atomic E-state index is 0.00426. The average Bonchev–Trinajstić information content (AvgIpc) is 2.23. The molecule has 0 saturated heterocycles. The van der Waals surface area contributed by atoms with Crippen molar-refractivity contribution in [3.05, 3.63) is 21.3 Å². The van der Waals surface area contributed by atoms with Crippen LogP contribution in [-0.4, -0.2) is 22.0 Å². The zero-order valence-corrected chi connectivity index (χ0v) is 10.6. The van der Waals surface area contributed by atoms with Crippen molar-refractivity contribution in [2.45, 2.75) is 12.8 Å². The van der Waals surface area contributed by atoms with Gasteiger partial charge in [-0.15, -0.1) is 0 Å². The Morgan fingerprint density at radius 1 is 1.24 bits per heavy atom. The number of carboxylic acid groups (broad SMARTS) is 1. The van der Waals surface area contributed by atoms with Crippen LogP contribution < -0.4 is 5.32 Å². The summed E-state index contributed by atoms with van der Waals surface area (Å²) in [4.78, 5) is 25.3. The highest BCUT2D eigenvalue weighted by Crippen LogP contribution is 2.28. The van der Waals surface area contributed by atoms with Gasteiger partial charge >= 0.3 is 5.97 Å². The molecule has 1 rings (SSSR count). The summed E-state index contributed by atoms with van der Waals surface area (Å²) in [6.45, 7) is 0. The first-order valence-corrected chi connectivity index (χ1v) is 5.56. The maximum absolute atomic E-state index is 11.3. The largest absolute Gasteiger partial charge is 0.481 e. The van der Waals surface area contributed by atoms with Crippen LogP contribution in [0.25, 0.3) is 0 Å². The van der Waals surface area contributed by atoms with Gasteiger partial charge in [0.25, 0.3) is 0 Å². The first-order valence-electron chi connectivity index (χ1n) is 4.43. The maximum Gasteiger partial charge on any atom is 0.303 e. The minimum atomic E-state index is -1.06. The average molecular weight is 298 g/mol. The van der Waals surface area contributed by atoms with Gasteiger partial charge in [0.05, 0.1) is 16.5 Å². The number of hydrogen-bond donors (Lipinski definition) is 2. The van der Waals surface area contributed by atoms with Crippen LogP contribution in [0.5, 0.6) is 0 Å². The number of halogens is 3. The van der Waals surface area contributed by atoms with Gasteiger partial charge in [-0.1, -0.05) is 34.8 Å². The van der Waals surface area contributed by atoms with Crippen LogP contribution in [0, 0.1) is 0 Å². The fourth-order valence-corrected chi connectivity index (χ4v) is 1.49. The van der Waals surface area contributed by atoms with Crippen LogP contribution in [0.1, 0.15) is 12.8 Å². The van der Waals surface area contributed by atoms with E-state index in [0.717, 1.165) is 0 Å². The van der Waals surface area contributed by atoms with Gasteiger partial charge in [-0.25, -0.2) is 4.98 Å². The molecule has 0 aromatic carbocycles. The summed E-state index contributed by atoms with van der Waals surface area (Å²) in [5, 5.41) is 11.0. The van der Waals surface area contributed by atoms with E-state index < -0.39 is 11.9 Å². The Hall–Kier alpha value is -1.04. The minimum Gasteiger partial charge on any atom is -0.481 e. The monoisotopic (exact) mass is 296 g/mol. The molecule has 0 saturated carbocycles. The summed E-state index contributed by atoms with van der Waals surface area (Å²) in [5.74, 6) is -1.52. The van der Waals surface area contributed by atoms with Gasteiger partial charge < -0.3 is 10.4 Å². The smallest absolute Gasteiger partial charge is 0.303 e. The van der Waals surface area contributed by atoms with Gasteiger partial charge in [-0.2, -0.15) is 0 Å². The number of carbonyl (C=O) groups is 2. The topological polar surface area (TPSA) is 79.3 Å². The molecular formula is C9H7Cl3N2O3. The summed E-state index contributed by atoms with van der Waals surface area (Å²) in [6, 6.07) is 1.34. The van der Waals surface area contributed by atoms with Crippen molar-refractivity contribution in [2.24, 2.45) is 0 Å². The molecule has 0 aliphatic carbocycles. The molecule has 8 heteroatoms. The highest BCUT2D eigenvalue weighted by atomic mass is 35.5. The van der Waals surface area contributed by atoms with E-state index in [1.165, 1.54) is 6.07 Å². The number of aromatic nitrogens is 1. The third-order valence-electron chi connectivity index (χ3n) is 1.71. The first-order chi connectivity index (χ1) is 7.90. The third-order valence-corrected chi connectivity index (χ3v) is 2.67. The Morgan fingerprint density at radius 2 is 1.88 bits per heavy atom. The second-order valence-corrected chi connectivity index (χ2v) is 4.21. The van der Waals surface area contributed by atoms with Crippen molar-refractivity contribution >= 4 is 52.5 Å². The van der Waals surface area contributed by atoms with Crippen LogP contribution in [0.4, 0.5) is 5.82 Å². The lowest BCUT2D eigenvalue weighted by molar-refractivity contribution is -0.138. The van der Waals surface area contributed by atoms with Gasteiger partial charge in [0, 0.05) is 6.42 Å². The first kappa shape index (κ1) is 14.0. The maximum atomic E-state index is 11.3. The van der Waals surface area contributed by atoms with E-state index in [1.807, 2.05) is 0 Å². The van der Waals surface area contributed by atoms with Crippen LogP contribution in [-0.2, 0) is 9.59 Å². The molecule has 17 heavy (non-hydrogen) atoms. The fourth-order valence-electron chi connectivity index (χ4n) is 0.947. The van der Waals surface area contributed by atoms with Crippen molar-refractivity contribution in [3.63, 3.8) is 0 Å². The molecule has 2 N–H and O–H groups in total. The lowest BCUT2D eigenvalue weighted by atomic mass is 10.3. The van der Waals surface area contributed by atoms with Gasteiger partial charge in [0.2, 0.25) is 5.91 Å². The SMILES string of the molecule is O=C(O)CCC(=O)Nc1nc(Cl)c(Cl)cc1Cl. The van der Waals surface area contributed by atoms with Crippen LogP contribution >= 0.6 is 34.8 Å². The zero-order valence-electron chi connectivity index (χ0n) is 8.34. The fraction of sp³-hybridized carbons (Fsp3) is 0.222. The molecule has 5 nitrogen and oxygen atoms in total.